The van der Waals surface area contributed by atoms with Crippen LogP contribution in [0.4, 0.5) is 13.2 Å². The lowest BCUT2D eigenvalue weighted by Gasteiger charge is -2.17. The molecule has 1 aromatic heterocycles. The summed E-state index contributed by atoms with van der Waals surface area (Å²) in [5, 5.41) is 6.52. The number of benzene rings is 1. The Labute approximate surface area is 187 Å². The van der Waals surface area contributed by atoms with Crippen molar-refractivity contribution in [2.45, 2.75) is 58.3 Å². The number of amides is 1. The van der Waals surface area contributed by atoms with E-state index in [2.05, 4.69) is 26.3 Å². The molecule has 1 fully saturated rings. The zero-order chi connectivity index (χ0) is 22.8. The van der Waals surface area contributed by atoms with E-state index < -0.39 is 23.8 Å². The molecule has 6 nitrogen and oxygen atoms in total. The van der Waals surface area contributed by atoms with E-state index in [4.69, 9.17) is 9.47 Å². The van der Waals surface area contributed by atoms with Gasteiger partial charge >= 0.3 is 6.18 Å². The number of alkyl halides is 3. The third-order valence-corrected chi connectivity index (χ3v) is 5.72. The molecule has 1 aromatic carbocycles. The monoisotopic (exact) mass is 503 g/mol. The van der Waals surface area contributed by atoms with Crippen LogP contribution < -0.4 is 14.8 Å². The summed E-state index contributed by atoms with van der Waals surface area (Å²) in [5.74, 6) is 0.750. The highest BCUT2D eigenvalue weighted by Gasteiger charge is 2.43. The Kier molecular flexibility index (Phi) is 7.18. The summed E-state index contributed by atoms with van der Waals surface area (Å²) < 4.78 is 52.2. The number of nitrogens with zero attached hydrogens (tertiary/aromatic N) is 2. The van der Waals surface area contributed by atoms with Crippen LogP contribution in [0.25, 0.3) is 0 Å². The number of halogens is 4. The van der Waals surface area contributed by atoms with Gasteiger partial charge in [0.2, 0.25) is 5.91 Å². The number of carbonyl (C=O) groups is 1. The molecule has 0 spiro atoms. The molecule has 1 atom stereocenters. The lowest BCUT2D eigenvalue weighted by atomic mass is 10.2. The smallest absolute Gasteiger partial charge is 0.436 e. The van der Waals surface area contributed by atoms with Gasteiger partial charge in [-0.3, -0.25) is 9.48 Å². The second-order valence-electron chi connectivity index (χ2n) is 7.31. The number of aromatic nitrogens is 2. The van der Waals surface area contributed by atoms with E-state index in [1.54, 1.807) is 25.1 Å². The lowest BCUT2D eigenvalue weighted by molar-refractivity contribution is -0.142. The summed E-state index contributed by atoms with van der Waals surface area (Å²) in [6.45, 7) is 6.44. The second-order valence-corrected chi connectivity index (χ2v) is 8.10. The first-order chi connectivity index (χ1) is 14.7. The van der Waals surface area contributed by atoms with Crippen LogP contribution in [-0.2, 0) is 17.5 Å². The first-order valence-electron chi connectivity index (χ1n) is 10.2. The standard InChI is InChI=1S/C21H25BrF3N3O3/c1-4-30-15-9-6-13(10-16(15)31-5-2)11-26-20(29)12(3)28-18(14-7-8-14)17(22)19(27-28)21(23,24)25/h6,9-10,12,14H,4-5,7-8,11H2,1-3H3,(H,26,29). The maximum Gasteiger partial charge on any atom is 0.436 e. The van der Waals surface area contributed by atoms with Crippen LogP contribution in [0.3, 0.4) is 0 Å². The number of ether oxygens (including phenoxy) is 2. The molecule has 1 N–H and O–H groups in total. The van der Waals surface area contributed by atoms with Crippen LogP contribution in [-0.4, -0.2) is 28.9 Å². The fourth-order valence-corrected chi connectivity index (χ4v) is 4.09. The molecule has 0 radical (unpaired) electrons. The van der Waals surface area contributed by atoms with Crippen molar-refractivity contribution in [3.63, 3.8) is 0 Å². The van der Waals surface area contributed by atoms with Crippen molar-refractivity contribution in [3.8, 4) is 11.5 Å². The first kappa shape index (κ1) is 23.4. The van der Waals surface area contributed by atoms with Gasteiger partial charge in [0, 0.05) is 12.5 Å². The highest BCUT2D eigenvalue weighted by atomic mass is 79.9. The number of carbonyl (C=O) groups excluding carboxylic acids is 1. The van der Waals surface area contributed by atoms with E-state index in [1.807, 2.05) is 13.8 Å². The largest absolute Gasteiger partial charge is 0.490 e. The molecule has 10 heteroatoms. The molecular formula is C21H25BrF3N3O3. The van der Waals surface area contributed by atoms with Gasteiger partial charge in [-0.25, -0.2) is 0 Å². The van der Waals surface area contributed by atoms with E-state index in [1.165, 1.54) is 4.68 Å². The fourth-order valence-electron chi connectivity index (χ4n) is 3.28. The summed E-state index contributed by atoms with van der Waals surface area (Å²) in [7, 11) is 0. The van der Waals surface area contributed by atoms with Gasteiger partial charge in [-0.05, 0) is 67.2 Å². The van der Waals surface area contributed by atoms with Gasteiger partial charge in [0.25, 0.3) is 0 Å². The predicted molar refractivity (Wildman–Crippen MR) is 112 cm³/mol. The first-order valence-corrected chi connectivity index (χ1v) is 11.0. The van der Waals surface area contributed by atoms with Crippen molar-refractivity contribution < 1.29 is 27.4 Å². The highest BCUT2D eigenvalue weighted by molar-refractivity contribution is 9.10. The van der Waals surface area contributed by atoms with Crippen LogP contribution in [0.2, 0.25) is 0 Å². The average molecular weight is 504 g/mol. The molecule has 1 unspecified atom stereocenters. The van der Waals surface area contributed by atoms with E-state index in [9.17, 15) is 18.0 Å². The minimum absolute atomic E-state index is 0.0203. The molecule has 1 aliphatic rings. The highest BCUT2D eigenvalue weighted by Crippen LogP contribution is 2.47. The number of hydrogen-bond donors (Lipinski definition) is 1. The molecule has 1 heterocycles. The van der Waals surface area contributed by atoms with E-state index in [0.717, 1.165) is 18.4 Å². The molecule has 1 aliphatic carbocycles. The van der Waals surface area contributed by atoms with Crippen molar-refractivity contribution in [3.05, 3.63) is 39.6 Å². The summed E-state index contributed by atoms with van der Waals surface area (Å²) in [5.41, 5.74) is 0.212. The Morgan fingerprint density at radius 1 is 1.26 bits per heavy atom. The number of rotatable bonds is 9. The minimum Gasteiger partial charge on any atom is -0.490 e. The zero-order valence-corrected chi connectivity index (χ0v) is 19.1. The Hall–Kier alpha value is -2.23. The van der Waals surface area contributed by atoms with Gasteiger partial charge in [0.05, 0.1) is 23.4 Å². The Morgan fingerprint density at radius 2 is 1.90 bits per heavy atom. The van der Waals surface area contributed by atoms with Gasteiger partial charge in [-0.15, -0.1) is 0 Å². The van der Waals surface area contributed by atoms with Crippen LogP contribution in [0, 0.1) is 0 Å². The third-order valence-electron chi connectivity index (χ3n) is 4.94. The Bertz CT molecular complexity index is 942. The van der Waals surface area contributed by atoms with Gasteiger partial charge in [-0.2, -0.15) is 18.3 Å². The summed E-state index contributed by atoms with van der Waals surface area (Å²) >= 11 is 3.05. The summed E-state index contributed by atoms with van der Waals surface area (Å²) in [6.07, 6.45) is -3.04. The van der Waals surface area contributed by atoms with Crippen molar-refractivity contribution in [2.24, 2.45) is 0 Å². The molecule has 170 valence electrons. The molecular weight excluding hydrogens is 479 g/mol. The zero-order valence-electron chi connectivity index (χ0n) is 17.6. The molecule has 2 aromatic rings. The predicted octanol–water partition coefficient (Wildman–Crippen LogP) is 5.22. The quantitative estimate of drug-likeness (QED) is 0.509. The van der Waals surface area contributed by atoms with Gasteiger partial charge < -0.3 is 14.8 Å². The molecule has 0 bridgehead atoms. The molecule has 1 saturated carbocycles. The van der Waals surface area contributed by atoms with Crippen LogP contribution in [0.15, 0.2) is 22.7 Å². The van der Waals surface area contributed by atoms with Gasteiger partial charge in [0.15, 0.2) is 17.2 Å². The molecule has 3 rings (SSSR count). The van der Waals surface area contributed by atoms with E-state index >= 15 is 0 Å². The van der Waals surface area contributed by atoms with E-state index in [0.29, 0.717) is 30.4 Å². The normalized spacial score (nSPS) is 14.9. The van der Waals surface area contributed by atoms with Crippen LogP contribution in [0.5, 0.6) is 11.5 Å². The Morgan fingerprint density at radius 3 is 2.48 bits per heavy atom. The van der Waals surface area contributed by atoms with Crippen LogP contribution >= 0.6 is 15.9 Å². The maximum atomic E-state index is 13.3. The van der Waals surface area contributed by atoms with Gasteiger partial charge in [0.1, 0.15) is 6.04 Å². The minimum atomic E-state index is -4.60. The lowest BCUT2D eigenvalue weighted by Crippen LogP contribution is -2.32. The van der Waals surface area contributed by atoms with Gasteiger partial charge in [-0.1, -0.05) is 6.07 Å². The number of hydrogen-bond acceptors (Lipinski definition) is 4. The molecule has 31 heavy (non-hydrogen) atoms. The fraction of sp³-hybridized carbons (Fsp3) is 0.524. The summed E-state index contributed by atoms with van der Waals surface area (Å²) in [4.78, 5) is 12.7. The SMILES string of the molecule is CCOc1ccc(CNC(=O)C(C)n2nc(C(F)(F)F)c(Br)c2C2CC2)cc1OCC. The van der Waals surface area contributed by atoms with Crippen molar-refractivity contribution in [1.82, 2.24) is 15.1 Å². The number of nitrogens with one attached hydrogen (secondary N) is 1. The maximum absolute atomic E-state index is 13.3. The summed E-state index contributed by atoms with van der Waals surface area (Å²) in [6, 6.07) is 4.46. The second kappa shape index (κ2) is 9.50. The van der Waals surface area contributed by atoms with Crippen molar-refractivity contribution >= 4 is 21.8 Å². The molecule has 0 aliphatic heterocycles. The Balaban J connectivity index is 1.75. The topological polar surface area (TPSA) is 65.4 Å². The molecule has 0 saturated heterocycles. The van der Waals surface area contributed by atoms with E-state index in [-0.39, 0.29) is 16.9 Å². The third kappa shape index (κ3) is 5.34. The van der Waals surface area contributed by atoms with Crippen molar-refractivity contribution in [2.75, 3.05) is 13.2 Å². The van der Waals surface area contributed by atoms with Crippen LogP contribution in [0.1, 0.15) is 62.5 Å². The average Bonchev–Trinajstić information content (AvgIpc) is 3.48. The molecule has 1 amide bonds. The van der Waals surface area contributed by atoms with Crippen molar-refractivity contribution in [1.29, 1.82) is 0 Å².